The number of benzene rings is 3. The van der Waals surface area contributed by atoms with E-state index in [0.29, 0.717) is 19.1 Å². The average Bonchev–Trinajstić information content (AvgIpc) is 2.74. The van der Waals surface area contributed by atoms with Gasteiger partial charge in [-0.05, 0) is 53.6 Å². The Kier molecular flexibility index (Phi) is 7.46. The Morgan fingerprint density at radius 1 is 0.897 bits per heavy atom. The normalized spacial score (nSPS) is 11.5. The molecule has 0 spiro atoms. The molecule has 0 amide bonds. The number of aryl methyl sites for hydroxylation is 1. The van der Waals surface area contributed by atoms with E-state index in [-0.39, 0.29) is 0 Å². The molecular formula is C26H28NO2. The maximum Gasteiger partial charge on any atom is 0.151 e. The van der Waals surface area contributed by atoms with Gasteiger partial charge in [0.2, 0.25) is 0 Å². The number of hydrogen-bond acceptors (Lipinski definition) is 3. The average molecular weight is 387 g/mol. The zero-order valence-corrected chi connectivity index (χ0v) is 17.4. The SMILES string of the molecule is Cc1[c]cccc1OCCON=C(CC(C)C)c1ccc(-c2ccccc2)cc1. The molecule has 0 fully saturated rings. The van der Waals surface area contributed by atoms with E-state index in [1.54, 1.807) is 0 Å². The van der Waals surface area contributed by atoms with Crippen molar-refractivity contribution in [2.45, 2.75) is 27.2 Å². The molecule has 3 nitrogen and oxygen atoms in total. The molecule has 0 saturated carbocycles. The summed E-state index contributed by atoms with van der Waals surface area (Å²) >= 11 is 0. The summed E-state index contributed by atoms with van der Waals surface area (Å²) in [7, 11) is 0. The van der Waals surface area contributed by atoms with Crippen molar-refractivity contribution in [2.24, 2.45) is 11.1 Å². The van der Waals surface area contributed by atoms with Crippen LogP contribution in [0.4, 0.5) is 0 Å². The maximum absolute atomic E-state index is 5.74. The van der Waals surface area contributed by atoms with Crippen LogP contribution in [0.5, 0.6) is 5.75 Å². The first-order valence-electron chi connectivity index (χ1n) is 10.1. The van der Waals surface area contributed by atoms with Crippen molar-refractivity contribution >= 4 is 5.71 Å². The predicted molar refractivity (Wildman–Crippen MR) is 119 cm³/mol. The van der Waals surface area contributed by atoms with Crippen molar-refractivity contribution in [3.05, 3.63) is 90.0 Å². The fourth-order valence-electron chi connectivity index (χ4n) is 3.05. The Hall–Kier alpha value is -3.07. The standard InChI is InChI=1S/C26H28NO2/c1-20(2)19-25(27-29-18-17-28-26-12-8-7-9-21(26)3)24-15-13-23(14-16-24)22-10-5-4-6-11-22/h4-8,10-16,20H,17-19H2,1-3H3. The van der Waals surface area contributed by atoms with E-state index in [9.17, 15) is 0 Å². The predicted octanol–water partition coefficient (Wildman–Crippen LogP) is 6.31. The third-order valence-electron chi connectivity index (χ3n) is 4.55. The van der Waals surface area contributed by atoms with E-state index in [0.717, 1.165) is 29.0 Å². The first-order chi connectivity index (χ1) is 14.1. The Labute approximate surface area is 174 Å². The third kappa shape index (κ3) is 6.21. The van der Waals surface area contributed by atoms with E-state index in [4.69, 9.17) is 9.57 Å². The van der Waals surface area contributed by atoms with Gasteiger partial charge < -0.3 is 9.57 Å². The van der Waals surface area contributed by atoms with Gasteiger partial charge in [0, 0.05) is 0 Å². The molecule has 0 heterocycles. The van der Waals surface area contributed by atoms with Gasteiger partial charge in [0.15, 0.2) is 6.61 Å². The highest BCUT2D eigenvalue weighted by Gasteiger charge is 2.08. The van der Waals surface area contributed by atoms with Crippen LogP contribution in [0.2, 0.25) is 0 Å². The molecule has 0 unspecified atom stereocenters. The lowest BCUT2D eigenvalue weighted by Crippen LogP contribution is -2.09. The van der Waals surface area contributed by atoms with Crippen LogP contribution in [0.1, 0.15) is 31.4 Å². The molecule has 29 heavy (non-hydrogen) atoms. The number of rotatable bonds is 9. The fourth-order valence-corrected chi connectivity index (χ4v) is 3.05. The van der Waals surface area contributed by atoms with E-state index in [1.165, 1.54) is 11.1 Å². The molecule has 0 atom stereocenters. The van der Waals surface area contributed by atoms with E-state index in [1.807, 2.05) is 31.2 Å². The van der Waals surface area contributed by atoms with Gasteiger partial charge in [-0.3, -0.25) is 0 Å². The molecule has 0 aromatic heterocycles. The molecule has 0 aliphatic heterocycles. The summed E-state index contributed by atoms with van der Waals surface area (Å²) in [6.45, 7) is 7.20. The van der Waals surface area contributed by atoms with E-state index in [2.05, 4.69) is 73.6 Å². The van der Waals surface area contributed by atoms with Crippen LogP contribution in [0.3, 0.4) is 0 Å². The lowest BCUT2D eigenvalue weighted by molar-refractivity contribution is 0.106. The Bertz CT molecular complexity index is 915. The van der Waals surface area contributed by atoms with Crippen LogP contribution in [0, 0.1) is 18.9 Å². The molecule has 0 aliphatic carbocycles. The quantitative estimate of drug-likeness (QED) is 0.245. The van der Waals surface area contributed by atoms with E-state index < -0.39 is 0 Å². The van der Waals surface area contributed by atoms with Crippen molar-refractivity contribution in [2.75, 3.05) is 13.2 Å². The van der Waals surface area contributed by atoms with Gasteiger partial charge in [0.05, 0.1) is 5.71 Å². The highest BCUT2D eigenvalue weighted by molar-refractivity contribution is 6.00. The van der Waals surface area contributed by atoms with Crippen molar-refractivity contribution in [1.29, 1.82) is 0 Å². The van der Waals surface area contributed by atoms with Crippen LogP contribution in [0.15, 0.2) is 78.0 Å². The van der Waals surface area contributed by atoms with Crippen LogP contribution in [-0.2, 0) is 4.84 Å². The minimum absolute atomic E-state index is 0.401. The third-order valence-corrected chi connectivity index (χ3v) is 4.55. The lowest BCUT2D eigenvalue weighted by Gasteiger charge is -2.11. The van der Waals surface area contributed by atoms with Crippen LogP contribution in [-0.4, -0.2) is 18.9 Å². The van der Waals surface area contributed by atoms with Gasteiger partial charge in [-0.1, -0.05) is 85.7 Å². The van der Waals surface area contributed by atoms with Gasteiger partial charge >= 0.3 is 0 Å². The fraction of sp³-hybridized carbons (Fsp3) is 0.269. The largest absolute Gasteiger partial charge is 0.490 e. The molecule has 1 radical (unpaired) electrons. The topological polar surface area (TPSA) is 30.8 Å². The second-order valence-electron chi connectivity index (χ2n) is 7.42. The van der Waals surface area contributed by atoms with Gasteiger partial charge in [0.25, 0.3) is 0 Å². The van der Waals surface area contributed by atoms with Crippen LogP contribution in [0.25, 0.3) is 11.1 Å². The molecule has 0 bridgehead atoms. The summed E-state index contributed by atoms with van der Waals surface area (Å²) < 4.78 is 5.74. The van der Waals surface area contributed by atoms with Gasteiger partial charge in [-0.25, -0.2) is 0 Å². The number of oxime groups is 1. The maximum atomic E-state index is 5.74. The Morgan fingerprint density at radius 3 is 2.31 bits per heavy atom. The smallest absolute Gasteiger partial charge is 0.151 e. The number of nitrogens with zero attached hydrogens (tertiary/aromatic N) is 1. The van der Waals surface area contributed by atoms with Gasteiger partial charge in [-0.15, -0.1) is 0 Å². The lowest BCUT2D eigenvalue weighted by atomic mass is 9.98. The summed E-state index contributed by atoms with van der Waals surface area (Å²) in [6.07, 6.45) is 0.859. The Balaban J connectivity index is 1.62. The molecular weight excluding hydrogens is 358 g/mol. The zero-order valence-electron chi connectivity index (χ0n) is 17.4. The van der Waals surface area contributed by atoms with Crippen molar-refractivity contribution in [3.63, 3.8) is 0 Å². The first kappa shape index (κ1) is 20.7. The first-order valence-corrected chi connectivity index (χ1v) is 10.1. The summed E-state index contributed by atoms with van der Waals surface area (Å²) in [5.74, 6) is 1.32. The van der Waals surface area contributed by atoms with Crippen molar-refractivity contribution in [3.8, 4) is 16.9 Å². The Morgan fingerprint density at radius 2 is 1.62 bits per heavy atom. The minimum Gasteiger partial charge on any atom is -0.490 e. The van der Waals surface area contributed by atoms with Gasteiger partial charge in [-0.2, -0.15) is 0 Å². The molecule has 3 aromatic rings. The summed E-state index contributed by atoms with van der Waals surface area (Å²) in [5, 5.41) is 4.42. The number of hydrogen-bond donors (Lipinski definition) is 0. The second kappa shape index (κ2) is 10.5. The molecule has 3 heteroatoms. The second-order valence-corrected chi connectivity index (χ2v) is 7.42. The summed E-state index contributed by atoms with van der Waals surface area (Å²) in [4.78, 5) is 5.58. The van der Waals surface area contributed by atoms with E-state index >= 15 is 0 Å². The highest BCUT2D eigenvalue weighted by Crippen LogP contribution is 2.21. The zero-order chi connectivity index (χ0) is 20.5. The molecule has 0 N–H and O–H groups in total. The molecule has 3 aromatic carbocycles. The minimum atomic E-state index is 0.401. The highest BCUT2D eigenvalue weighted by atomic mass is 16.6. The molecule has 0 saturated heterocycles. The van der Waals surface area contributed by atoms with Crippen molar-refractivity contribution in [1.82, 2.24) is 0 Å². The summed E-state index contributed by atoms with van der Waals surface area (Å²) in [6, 6.07) is 27.7. The van der Waals surface area contributed by atoms with Gasteiger partial charge in [0.1, 0.15) is 12.4 Å². The van der Waals surface area contributed by atoms with Crippen LogP contribution < -0.4 is 4.74 Å². The monoisotopic (exact) mass is 386 g/mol. The molecule has 3 rings (SSSR count). The summed E-state index contributed by atoms with van der Waals surface area (Å²) in [5.41, 5.74) is 5.46. The number of ether oxygens (including phenoxy) is 1. The van der Waals surface area contributed by atoms with Crippen LogP contribution >= 0.6 is 0 Å². The molecule has 0 aliphatic rings. The molecule has 149 valence electrons. The van der Waals surface area contributed by atoms with Crippen molar-refractivity contribution < 1.29 is 9.57 Å².